The summed E-state index contributed by atoms with van der Waals surface area (Å²) in [6, 6.07) is 13.5. The smallest absolute Gasteiger partial charge is 0.271 e. The van der Waals surface area contributed by atoms with Crippen LogP contribution in [0.3, 0.4) is 0 Å². The van der Waals surface area contributed by atoms with Gasteiger partial charge in [-0.2, -0.15) is 5.10 Å². The number of nitrogens with one attached hydrogen (secondary N) is 3. The molecule has 0 radical (unpaired) electrons. The number of benzene rings is 1. The van der Waals surface area contributed by atoms with Crippen LogP contribution in [0.1, 0.15) is 11.8 Å². The summed E-state index contributed by atoms with van der Waals surface area (Å²) in [6.07, 6.45) is 4.88. The number of sulfonamides is 1. The number of hydrogen-bond donors (Lipinski definition) is 3. The molecule has 0 saturated heterocycles. The lowest BCUT2D eigenvalue weighted by Crippen LogP contribution is -2.18. The van der Waals surface area contributed by atoms with Gasteiger partial charge < -0.3 is 10.6 Å². The van der Waals surface area contributed by atoms with Crippen molar-refractivity contribution in [3.8, 4) is 5.82 Å². The van der Waals surface area contributed by atoms with E-state index in [0.29, 0.717) is 23.9 Å². The van der Waals surface area contributed by atoms with Gasteiger partial charge in [-0.15, -0.1) is 11.3 Å². The van der Waals surface area contributed by atoms with Crippen molar-refractivity contribution in [2.45, 2.75) is 17.7 Å². The van der Waals surface area contributed by atoms with Gasteiger partial charge in [0.05, 0.1) is 6.54 Å². The average molecular weight is 470 g/mol. The van der Waals surface area contributed by atoms with Crippen LogP contribution in [0.25, 0.3) is 5.82 Å². The minimum Gasteiger partial charge on any atom is -0.351 e. The van der Waals surface area contributed by atoms with Crippen LogP contribution in [-0.2, 0) is 21.4 Å². The number of amides is 1. The molecule has 0 aliphatic carbocycles. The first-order valence-electron chi connectivity index (χ1n) is 9.44. The molecule has 12 heteroatoms. The molecule has 0 spiro atoms. The van der Waals surface area contributed by atoms with Crippen molar-refractivity contribution in [3.63, 3.8) is 0 Å². The maximum absolute atomic E-state index is 12.7. The van der Waals surface area contributed by atoms with Gasteiger partial charge in [-0.25, -0.2) is 23.1 Å². The molecule has 1 amide bonds. The number of anilines is 3. The topological polar surface area (TPSA) is 131 Å². The number of hydrogen-bond acceptors (Lipinski definition) is 8. The van der Waals surface area contributed by atoms with E-state index in [1.54, 1.807) is 59.5 Å². The second kappa shape index (κ2) is 9.16. The molecule has 0 aliphatic heterocycles. The summed E-state index contributed by atoms with van der Waals surface area (Å²) in [7, 11) is -3.73. The van der Waals surface area contributed by atoms with Gasteiger partial charge in [0.15, 0.2) is 5.82 Å². The van der Waals surface area contributed by atoms with E-state index in [9.17, 15) is 13.2 Å². The summed E-state index contributed by atoms with van der Waals surface area (Å²) in [4.78, 5) is 20.1. The van der Waals surface area contributed by atoms with Gasteiger partial charge in [-0.3, -0.25) is 9.52 Å². The summed E-state index contributed by atoms with van der Waals surface area (Å²) in [5, 5.41) is 9.94. The van der Waals surface area contributed by atoms with Crippen LogP contribution in [0.5, 0.6) is 0 Å². The molecule has 3 N–H and O–H groups in total. The van der Waals surface area contributed by atoms with Crippen molar-refractivity contribution in [3.05, 3.63) is 72.1 Å². The lowest BCUT2D eigenvalue weighted by atomic mass is 10.3. The average Bonchev–Trinajstić information content (AvgIpc) is 3.46. The van der Waals surface area contributed by atoms with Crippen LogP contribution in [0.15, 0.2) is 71.5 Å². The molecule has 3 aromatic heterocycles. The van der Waals surface area contributed by atoms with Gasteiger partial charge in [0.2, 0.25) is 5.91 Å². The zero-order valence-corrected chi connectivity index (χ0v) is 18.5. The van der Waals surface area contributed by atoms with E-state index >= 15 is 0 Å². The van der Waals surface area contributed by atoms with Gasteiger partial charge in [0, 0.05) is 41.6 Å². The fraction of sp³-hybridized carbons (Fsp3) is 0.100. The van der Waals surface area contributed by atoms with E-state index < -0.39 is 10.0 Å². The molecule has 4 aromatic rings. The fourth-order valence-electron chi connectivity index (χ4n) is 2.73. The maximum Gasteiger partial charge on any atom is 0.271 e. The van der Waals surface area contributed by atoms with E-state index in [0.717, 1.165) is 21.9 Å². The van der Waals surface area contributed by atoms with Crippen LogP contribution in [0.4, 0.5) is 17.2 Å². The molecule has 0 saturated carbocycles. The van der Waals surface area contributed by atoms with E-state index in [4.69, 9.17) is 0 Å². The van der Waals surface area contributed by atoms with Crippen LogP contribution < -0.4 is 15.4 Å². The Labute approximate surface area is 188 Å². The monoisotopic (exact) mass is 469 g/mol. The Bertz CT molecular complexity index is 1320. The van der Waals surface area contributed by atoms with Crippen LogP contribution in [-0.4, -0.2) is 34.1 Å². The lowest BCUT2D eigenvalue weighted by molar-refractivity contribution is -0.119. The van der Waals surface area contributed by atoms with Gasteiger partial charge in [0.25, 0.3) is 10.0 Å². The summed E-state index contributed by atoms with van der Waals surface area (Å²) < 4.78 is 29.7. The highest BCUT2D eigenvalue weighted by Gasteiger charge is 2.17. The highest BCUT2D eigenvalue weighted by molar-refractivity contribution is 7.94. The SMILES string of the molecule is CC(=O)NCc1ccc(S(=O)(=O)Nc2ccc(Nc3cc(-n4cccn4)ncn3)cc2)s1. The van der Waals surface area contributed by atoms with Crippen LogP contribution in [0, 0.1) is 0 Å². The highest BCUT2D eigenvalue weighted by atomic mass is 32.2. The standard InChI is InChI=1S/C20H19N7O3S2/c1-14(28)21-12-17-7-8-20(31-17)32(29,30)26-16-5-3-15(4-6-16)25-18-11-19(23-13-22-18)27-10-2-9-24-27/h2-11,13,26H,12H2,1H3,(H,21,28)(H,22,23,25). The molecule has 0 unspecified atom stereocenters. The van der Waals surface area contributed by atoms with Gasteiger partial charge in [-0.05, 0) is 42.5 Å². The second-order valence-corrected chi connectivity index (χ2v) is 9.73. The molecule has 3 heterocycles. The maximum atomic E-state index is 12.7. The van der Waals surface area contributed by atoms with E-state index in [1.165, 1.54) is 19.3 Å². The van der Waals surface area contributed by atoms with Gasteiger partial charge in [-0.1, -0.05) is 0 Å². The quantitative estimate of drug-likeness (QED) is 0.362. The fourth-order valence-corrected chi connectivity index (χ4v) is 5.08. The Hall–Kier alpha value is -3.77. The summed E-state index contributed by atoms with van der Waals surface area (Å²) >= 11 is 1.11. The van der Waals surface area contributed by atoms with E-state index in [-0.39, 0.29) is 10.1 Å². The predicted molar refractivity (Wildman–Crippen MR) is 122 cm³/mol. The predicted octanol–water partition coefficient (Wildman–Crippen LogP) is 2.90. The Morgan fingerprint density at radius 1 is 1.09 bits per heavy atom. The van der Waals surface area contributed by atoms with Crippen molar-refractivity contribution in [1.29, 1.82) is 0 Å². The molecular weight excluding hydrogens is 450 g/mol. The zero-order valence-electron chi connectivity index (χ0n) is 16.9. The number of thiophene rings is 1. The minimum atomic E-state index is -3.73. The Morgan fingerprint density at radius 2 is 1.88 bits per heavy atom. The van der Waals surface area contributed by atoms with E-state index in [2.05, 4.69) is 30.4 Å². The Kier molecular flexibility index (Phi) is 6.14. The summed E-state index contributed by atoms with van der Waals surface area (Å²) in [6.45, 7) is 1.70. The third-order valence-electron chi connectivity index (χ3n) is 4.21. The zero-order chi connectivity index (χ0) is 22.6. The number of carbonyl (C=O) groups is 1. The molecule has 0 atom stereocenters. The molecule has 0 aliphatic rings. The molecule has 1 aromatic carbocycles. The minimum absolute atomic E-state index is 0.172. The first-order chi connectivity index (χ1) is 15.4. The molecule has 4 rings (SSSR count). The first-order valence-corrected chi connectivity index (χ1v) is 11.7. The Balaban J connectivity index is 1.42. The first kappa shape index (κ1) is 21.5. The van der Waals surface area contributed by atoms with Crippen molar-refractivity contribution in [2.75, 3.05) is 10.0 Å². The van der Waals surface area contributed by atoms with Crippen molar-refractivity contribution in [1.82, 2.24) is 25.1 Å². The molecule has 164 valence electrons. The lowest BCUT2D eigenvalue weighted by Gasteiger charge is -2.09. The third kappa shape index (κ3) is 5.28. The van der Waals surface area contributed by atoms with Crippen LogP contribution >= 0.6 is 11.3 Å². The molecule has 32 heavy (non-hydrogen) atoms. The number of aromatic nitrogens is 4. The van der Waals surface area contributed by atoms with Crippen molar-refractivity contribution >= 4 is 44.5 Å². The van der Waals surface area contributed by atoms with Gasteiger partial charge in [0.1, 0.15) is 16.4 Å². The summed E-state index contributed by atoms with van der Waals surface area (Å²) in [5.74, 6) is 1.02. The molecule has 0 bridgehead atoms. The largest absolute Gasteiger partial charge is 0.351 e. The second-order valence-electron chi connectivity index (χ2n) is 6.65. The molecule has 10 nitrogen and oxygen atoms in total. The highest BCUT2D eigenvalue weighted by Crippen LogP contribution is 2.25. The Morgan fingerprint density at radius 3 is 2.59 bits per heavy atom. The van der Waals surface area contributed by atoms with Crippen LogP contribution in [0.2, 0.25) is 0 Å². The normalized spacial score (nSPS) is 11.2. The summed E-state index contributed by atoms with van der Waals surface area (Å²) in [5.41, 5.74) is 1.15. The number of carbonyl (C=O) groups excluding carboxylic acids is 1. The third-order valence-corrected chi connectivity index (χ3v) is 7.17. The van der Waals surface area contributed by atoms with Gasteiger partial charge >= 0.3 is 0 Å². The van der Waals surface area contributed by atoms with E-state index in [1.807, 2.05) is 0 Å². The molecule has 0 fully saturated rings. The van der Waals surface area contributed by atoms with Crippen molar-refractivity contribution in [2.24, 2.45) is 0 Å². The number of rotatable bonds is 8. The number of nitrogens with zero attached hydrogens (tertiary/aromatic N) is 4. The van der Waals surface area contributed by atoms with Crippen molar-refractivity contribution < 1.29 is 13.2 Å². The molecular formula is C20H19N7O3S2.